The quantitative estimate of drug-likeness (QED) is 0.872. The normalized spacial score (nSPS) is 32.3. The third-order valence-corrected chi connectivity index (χ3v) is 8.07. The lowest BCUT2D eigenvalue weighted by molar-refractivity contribution is 0.0992. The molecule has 2 aliphatic carbocycles. The van der Waals surface area contributed by atoms with Gasteiger partial charge in [0.15, 0.2) is 0 Å². The number of nitrogens with zero attached hydrogens (tertiary/aromatic N) is 1. The van der Waals surface area contributed by atoms with Crippen LogP contribution in [0, 0.1) is 16.7 Å². The first-order valence-electron chi connectivity index (χ1n) is 7.97. The van der Waals surface area contributed by atoms with Gasteiger partial charge in [0.05, 0.1) is 0 Å². The lowest BCUT2D eigenvalue weighted by Gasteiger charge is -2.39. The molecule has 0 radical (unpaired) electrons. The number of aromatic nitrogens is 1. The highest BCUT2D eigenvalue weighted by atomic mass is 32.2. The number of carbonyl (C=O) groups excluding carboxylic acids is 1. The highest BCUT2D eigenvalue weighted by Crippen LogP contribution is 2.65. The minimum atomic E-state index is -3.67. The molecule has 7 heteroatoms. The van der Waals surface area contributed by atoms with Gasteiger partial charge in [-0.25, -0.2) is 13.1 Å². The predicted octanol–water partition coefficient (Wildman–Crippen LogP) is 1.62. The number of hydrogen-bond donors (Lipinski definition) is 2. The lowest BCUT2D eigenvalue weighted by Crippen LogP contribution is -2.46. The van der Waals surface area contributed by atoms with E-state index in [2.05, 4.69) is 25.5 Å². The van der Waals surface area contributed by atoms with Crippen LogP contribution in [-0.4, -0.2) is 24.9 Å². The van der Waals surface area contributed by atoms with E-state index in [1.165, 1.54) is 23.3 Å². The zero-order chi connectivity index (χ0) is 17.2. The van der Waals surface area contributed by atoms with Crippen LogP contribution in [0.5, 0.6) is 0 Å². The molecule has 2 fully saturated rings. The van der Waals surface area contributed by atoms with E-state index in [9.17, 15) is 13.2 Å². The van der Waals surface area contributed by atoms with E-state index in [4.69, 9.17) is 5.73 Å². The second kappa shape index (κ2) is 4.83. The Morgan fingerprint density at radius 2 is 2.04 bits per heavy atom. The zero-order valence-electron chi connectivity index (χ0n) is 14.1. The molecule has 0 spiro atoms. The summed E-state index contributed by atoms with van der Waals surface area (Å²) < 4.78 is 29.8. The molecule has 1 aromatic heterocycles. The molecule has 0 aromatic carbocycles. The van der Waals surface area contributed by atoms with Crippen molar-refractivity contribution in [3.63, 3.8) is 0 Å². The number of rotatable bonds is 4. The third kappa shape index (κ3) is 2.24. The zero-order valence-corrected chi connectivity index (χ0v) is 14.9. The van der Waals surface area contributed by atoms with Crippen LogP contribution < -0.4 is 10.5 Å². The van der Waals surface area contributed by atoms with E-state index in [1.807, 2.05) is 0 Å². The summed E-state index contributed by atoms with van der Waals surface area (Å²) in [6.45, 7) is 6.67. The van der Waals surface area contributed by atoms with Gasteiger partial charge in [0.2, 0.25) is 10.0 Å². The van der Waals surface area contributed by atoms with Crippen LogP contribution in [0.2, 0.25) is 0 Å². The SMILES string of the molecule is Cn1cc(S(=O)(=O)NC2CC3CCC2(C)C3(C)C)cc1C(N)=O. The van der Waals surface area contributed by atoms with Crippen LogP contribution in [0.15, 0.2) is 17.2 Å². The molecule has 3 atom stereocenters. The topological polar surface area (TPSA) is 94.2 Å². The monoisotopic (exact) mass is 339 g/mol. The van der Waals surface area contributed by atoms with Gasteiger partial charge in [0, 0.05) is 19.3 Å². The van der Waals surface area contributed by atoms with Crippen LogP contribution in [0.1, 0.15) is 50.5 Å². The Morgan fingerprint density at radius 1 is 1.39 bits per heavy atom. The van der Waals surface area contributed by atoms with Crippen molar-refractivity contribution in [3.05, 3.63) is 18.0 Å². The summed E-state index contributed by atoms with van der Waals surface area (Å²) in [4.78, 5) is 11.4. The molecule has 0 saturated heterocycles. The lowest BCUT2D eigenvalue weighted by atomic mass is 9.69. The number of aryl methyl sites for hydroxylation is 1. The molecule has 128 valence electrons. The number of nitrogens with two attached hydrogens (primary N) is 1. The average Bonchev–Trinajstić information content (AvgIpc) is 2.97. The van der Waals surface area contributed by atoms with E-state index in [0.29, 0.717) is 5.92 Å². The predicted molar refractivity (Wildman–Crippen MR) is 87.3 cm³/mol. The number of amides is 1. The van der Waals surface area contributed by atoms with E-state index in [1.54, 1.807) is 7.05 Å². The maximum atomic E-state index is 12.7. The van der Waals surface area contributed by atoms with Gasteiger partial charge in [-0.1, -0.05) is 20.8 Å². The number of nitrogens with one attached hydrogen (secondary N) is 1. The molecular weight excluding hydrogens is 314 g/mol. The molecular formula is C16H25N3O3S. The minimum Gasteiger partial charge on any atom is -0.364 e. The molecule has 2 aliphatic rings. The van der Waals surface area contributed by atoms with Gasteiger partial charge in [-0.2, -0.15) is 0 Å². The fourth-order valence-corrected chi connectivity index (χ4v) is 5.99. The third-order valence-electron chi connectivity index (χ3n) is 6.63. The standard InChI is InChI=1S/C16H25N3O3S/c1-15(2)10-5-6-16(15,3)13(7-10)18-23(21,22)11-8-12(14(17)20)19(4)9-11/h8-10,13,18H,5-7H2,1-4H3,(H2,17,20). The van der Waals surface area contributed by atoms with E-state index < -0.39 is 15.9 Å². The molecule has 1 aromatic rings. The maximum absolute atomic E-state index is 12.7. The molecule has 3 rings (SSSR count). The van der Waals surface area contributed by atoms with Crippen molar-refractivity contribution in [2.45, 2.75) is 51.0 Å². The average molecular weight is 339 g/mol. The summed E-state index contributed by atoms with van der Waals surface area (Å²) in [5.74, 6) is -0.0841. The van der Waals surface area contributed by atoms with Crippen LogP contribution in [-0.2, 0) is 17.1 Å². The van der Waals surface area contributed by atoms with Crippen molar-refractivity contribution >= 4 is 15.9 Å². The Kier molecular flexibility index (Phi) is 3.47. The molecule has 6 nitrogen and oxygen atoms in total. The van der Waals surface area contributed by atoms with Crippen molar-refractivity contribution in [1.82, 2.24) is 9.29 Å². The highest BCUT2D eigenvalue weighted by Gasteiger charge is 2.61. The summed E-state index contributed by atoms with van der Waals surface area (Å²) in [7, 11) is -2.06. The van der Waals surface area contributed by atoms with Crippen molar-refractivity contribution in [1.29, 1.82) is 0 Å². The highest BCUT2D eigenvalue weighted by molar-refractivity contribution is 7.89. The first kappa shape index (κ1) is 16.5. The Labute approximate surface area is 137 Å². The number of carbonyl (C=O) groups is 1. The fraction of sp³-hybridized carbons (Fsp3) is 0.688. The summed E-state index contributed by atoms with van der Waals surface area (Å²) in [6.07, 6.45) is 4.51. The number of hydrogen-bond acceptors (Lipinski definition) is 3. The molecule has 2 saturated carbocycles. The number of fused-ring (bicyclic) bond motifs is 2. The smallest absolute Gasteiger partial charge is 0.265 e. The Balaban J connectivity index is 1.89. The maximum Gasteiger partial charge on any atom is 0.265 e. The second-order valence-corrected chi connectivity index (χ2v) is 9.53. The largest absolute Gasteiger partial charge is 0.364 e. The minimum absolute atomic E-state index is 0.0357. The first-order valence-corrected chi connectivity index (χ1v) is 9.46. The number of sulfonamides is 1. The van der Waals surface area contributed by atoms with Crippen molar-refractivity contribution in [2.24, 2.45) is 29.5 Å². The summed E-state index contributed by atoms with van der Waals surface area (Å²) in [6, 6.07) is 1.27. The molecule has 23 heavy (non-hydrogen) atoms. The Bertz CT molecular complexity index is 766. The van der Waals surface area contributed by atoms with Crippen LogP contribution >= 0.6 is 0 Å². The number of primary amides is 1. The van der Waals surface area contributed by atoms with E-state index in [0.717, 1.165) is 12.8 Å². The van der Waals surface area contributed by atoms with Crippen LogP contribution in [0.25, 0.3) is 0 Å². The van der Waals surface area contributed by atoms with Crippen LogP contribution in [0.4, 0.5) is 0 Å². The molecule has 2 bridgehead atoms. The van der Waals surface area contributed by atoms with Gasteiger partial charge >= 0.3 is 0 Å². The van der Waals surface area contributed by atoms with E-state index >= 15 is 0 Å². The van der Waals surface area contributed by atoms with Crippen molar-refractivity contribution in [3.8, 4) is 0 Å². The molecule has 0 aliphatic heterocycles. The van der Waals surface area contributed by atoms with Gasteiger partial charge in [0.25, 0.3) is 5.91 Å². The second-order valence-electron chi connectivity index (χ2n) is 7.82. The van der Waals surface area contributed by atoms with E-state index in [-0.39, 0.29) is 27.5 Å². The van der Waals surface area contributed by atoms with Crippen LogP contribution in [0.3, 0.4) is 0 Å². The first-order chi connectivity index (χ1) is 10.5. The Morgan fingerprint density at radius 3 is 2.48 bits per heavy atom. The summed E-state index contributed by atoms with van der Waals surface area (Å²) in [5.41, 5.74) is 5.55. The van der Waals surface area contributed by atoms with Crippen molar-refractivity contribution in [2.75, 3.05) is 0 Å². The summed E-state index contributed by atoms with van der Waals surface area (Å²) in [5, 5.41) is 0. The van der Waals surface area contributed by atoms with Gasteiger partial charge in [-0.3, -0.25) is 4.79 Å². The molecule has 1 amide bonds. The molecule has 3 N–H and O–H groups in total. The van der Waals surface area contributed by atoms with Gasteiger partial charge in [0.1, 0.15) is 10.6 Å². The molecule has 3 unspecified atom stereocenters. The molecule has 1 heterocycles. The van der Waals surface area contributed by atoms with Gasteiger partial charge in [-0.15, -0.1) is 0 Å². The van der Waals surface area contributed by atoms with Crippen molar-refractivity contribution < 1.29 is 13.2 Å². The summed E-state index contributed by atoms with van der Waals surface area (Å²) >= 11 is 0. The van der Waals surface area contributed by atoms with Gasteiger partial charge < -0.3 is 10.3 Å². The van der Waals surface area contributed by atoms with Gasteiger partial charge in [-0.05, 0) is 42.1 Å². The fourth-order valence-electron chi connectivity index (χ4n) is 4.56. The Hall–Kier alpha value is -1.34.